The lowest BCUT2D eigenvalue weighted by molar-refractivity contribution is -0.143. The molecule has 15 heavy (non-hydrogen) atoms. The number of aryl methyl sites for hydroxylation is 2. The van der Waals surface area contributed by atoms with Gasteiger partial charge in [-0.2, -0.15) is 0 Å². The molecule has 1 aromatic carbocycles. The molecule has 0 amide bonds. The van der Waals surface area contributed by atoms with Crippen LogP contribution in [0.2, 0.25) is 0 Å². The lowest BCUT2D eigenvalue weighted by atomic mass is 9.93. The first-order valence-corrected chi connectivity index (χ1v) is 5.26. The number of carbonyl (C=O) groups is 1. The average Bonchev–Trinajstić information content (AvgIpc) is 3.02. The van der Waals surface area contributed by atoms with Crippen molar-refractivity contribution in [3.05, 3.63) is 34.9 Å². The average molecular weight is 204 g/mol. The second-order valence-corrected chi connectivity index (χ2v) is 4.37. The van der Waals surface area contributed by atoms with Gasteiger partial charge in [0.1, 0.15) is 0 Å². The van der Waals surface area contributed by atoms with Crippen LogP contribution < -0.4 is 0 Å². The molecule has 2 heteroatoms. The van der Waals surface area contributed by atoms with Crippen LogP contribution in [0.4, 0.5) is 0 Å². The monoisotopic (exact) mass is 204 g/mol. The highest BCUT2D eigenvalue weighted by molar-refractivity contribution is 5.86. The molecule has 0 N–H and O–H groups in total. The molecule has 0 spiro atoms. The molecule has 0 heterocycles. The van der Waals surface area contributed by atoms with Gasteiger partial charge in [0.05, 0.1) is 12.5 Å². The summed E-state index contributed by atoms with van der Waals surface area (Å²) in [7, 11) is 1.46. The third kappa shape index (κ3) is 1.54. The number of carbonyl (C=O) groups excluding carboxylic acids is 1. The SMILES string of the molecule is COC(=O)C1(c2ccc(C)c(C)c2)CC1. The van der Waals surface area contributed by atoms with Crippen LogP contribution >= 0.6 is 0 Å². The summed E-state index contributed by atoms with van der Waals surface area (Å²) in [5, 5.41) is 0. The van der Waals surface area contributed by atoms with Gasteiger partial charge in [0.2, 0.25) is 0 Å². The molecule has 0 atom stereocenters. The van der Waals surface area contributed by atoms with Gasteiger partial charge in [-0.05, 0) is 43.4 Å². The van der Waals surface area contributed by atoms with Gasteiger partial charge < -0.3 is 4.74 Å². The summed E-state index contributed by atoms with van der Waals surface area (Å²) >= 11 is 0. The van der Waals surface area contributed by atoms with Crippen LogP contribution in [0, 0.1) is 13.8 Å². The highest BCUT2D eigenvalue weighted by Gasteiger charge is 2.52. The van der Waals surface area contributed by atoms with E-state index in [2.05, 4.69) is 26.0 Å². The molecule has 2 nitrogen and oxygen atoms in total. The van der Waals surface area contributed by atoms with Crippen molar-refractivity contribution in [2.45, 2.75) is 32.1 Å². The fourth-order valence-corrected chi connectivity index (χ4v) is 1.97. The molecule has 1 aliphatic rings. The molecule has 0 unspecified atom stereocenters. The van der Waals surface area contributed by atoms with Gasteiger partial charge in [0.25, 0.3) is 0 Å². The standard InChI is InChI=1S/C13H16O2/c1-9-4-5-11(8-10(9)2)13(6-7-13)12(14)15-3/h4-5,8H,6-7H2,1-3H3. The number of rotatable bonds is 2. The van der Waals surface area contributed by atoms with E-state index in [1.165, 1.54) is 18.2 Å². The molecular formula is C13H16O2. The molecule has 0 radical (unpaired) electrons. The van der Waals surface area contributed by atoms with E-state index in [1.807, 2.05) is 6.07 Å². The summed E-state index contributed by atoms with van der Waals surface area (Å²) in [5.41, 5.74) is 3.28. The zero-order valence-electron chi connectivity index (χ0n) is 9.46. The van der Waals surface area contributed by atoms with Crippen molar-refractivity contribution >= 4 is 5.97 Å². The van der Waals surface area contributed by atoms with Crippen molar-refractivity contribution in [3.8, 4) is 0 Å². The van der Waals surface area contributed by atoms with Crippen LogP contribution in [0.1, 0.15) is 29.5 Å². The molecule has 80 valence electrons. The minimum Gasteiger partial charge on any atom is -0.468 e. The first kappa shape index (κ1) is 10.2. The summed E-state index contributed by atoms with van der Waals surface area (Å²) in [6.45, 7) is 4.16. The topological polar surface area (TPSA) is 26.3 Å². The number of esters is 1. The van der Waals surface area contributed by atoms with Gasteiger partial charge in [0.15, 0.2) is 0 Å². The van der Waals surface area contributed by atoms with Gasteiger partial charge in [0, 0.05) is 0 Å². The highest BCUT2D eigenvalue weighted by atomic mass is 16.5. The van der Waals surface area contributed by atoms with Crippen LogP contribution in [0.3, 0.4) is 0 Å². The number of benzene rings is 1. The molecule has 0 aromatic heterocycles. The molecule has 0 saturated heterocycles. The Morgan fingerprint density at radius 2 is 1.93 bits per heavy atom. The lowest BCUT2D eigenvalue weighted by Crippen LogP contribution is -2.21. The maximum atomic E-state index is 11.7. The van der Waals surface area contributed by atoms with E-state index >= 15 is 0 Å². The van der Waals surface area contributed by atoms with Gasteiger partial charge in [-0.25, -0.2) is 0 Å². The van der Waals surface area contributed by atoms with Crippen molar-refractivity contribution in [3.63, 3.8) is 0 Å². The van der Waals surface area contributed by atoms with E-state index in [9.17, 15) is 4.79 Å². The normalized spacial score (nSPS) is 17.3. The third-order valence-electron chi connectivity index (χ3n) is 3.39. The number of hydrogen-bond donors (Lipinski definition) is 0. The van der Waals surface area contributed by atoms with E-state index in [4.69, 9.17) is 4.74 Å². The number of hydrogen-bond acceptors (Lipinski definition) is 2. The minimum atomic E-state index is -0.326. The first-order chi connectivity index (χ1) is 7.10. The van der Waals surface area contributed by atoms with Crippen molar-refractivity contribution in [1.29, 1.82) is 0 Å². The second kappa shape index (κ2) is 3.37. The lowest BCUT2D eigenvalue weighted by Gasteiger charge is -2.14. The second-order valence-electron chi connectivity index (χ2n) is 4.37. The molecule has 2 rings (SSSR count). The largest absolute Gasteiger partial charge is 0.468 e. The van der Waals surface area contributed by atoms with Crippen molar-refractivity contribution < 1.29 is 9.53 Å². The predicted octanol–water partition coefficient (Wildman–Crippen LogP) is 2.51. The smallest absolute Gasteiger partial charge is 0.316 e. The van der Waals surface area contributed by atoms with Gasteiger partial charge >= 0.3 is 5.97 Å². The summed E-state index contributed by atoms with van der Waals surface area (Å²) in [4.78, 5) is 11.7. The van der Waals surface area contributed by atoms with E-state index < -0.39 is 0 Å². The Hall–Kier alpha value is -1.31. The first-order valence-electron chi connectivity index (χ1n) is 5.26. The van der Waals surface area contributed by atoms with Crippen LogP contribution in [-0.2, 0) is 14.9 Å². The molecule has 1 aliphatic carbocycles. The van der Waals surface area contributed by atoms with Crippen LogP contribution in [0.25, 0.3) is 0 Å². The molecule has 1 fully saturated rings. The maximum absolute atomic E-state index is 11.7. The molecule has 0 bridgehead atoms. The van der Waals surface area contributed by atoms with E-state index in [0.29, 0.717) is 0 Å². The Morgan fingerprint density at radius 3 is 2.40 bits per heavy atom. The van der Waals surface area contributed by atoms with Crippen molar-refractivity contribution in [2.24, 2.45) is 0 Å². The van der Waals surface area contributed by atoms with Gasteiger partial charge in [-0.3, -0.25) is 4.79 Å². The molecule has 0 aliphatic heterocycles. The van der Waals surface area contributed by atoms with E-state index in [0.717, 1.165) is 18.4 Å². The minimum absolute atomic E-state index is 0.0919. The Kier molecular flexibility index (Phi) is 2.29. The van der Waals surface area contributed by atoms with Crippen LogP contribution in [0.15, 0.2) is 18.2 Å². The predicted molar refractivity (Wildman–Crippen MR) is 58.8 cm³/mol. The molecule has 1 aromatic rings. The Bertz CT molecular complexity index is 403. The summed E-state index contributed by atoms with van der Waals surface area (Å²) in [6.07, 6.45) is 1.84. The summed E-state index contributed by atoms with van der Waals surface area (Å²) < 4.78 is 4.86. The van der Waals surface area contributed by atoms with Crippen molar-refractivity contribution in [1.82, 2.24) is 0 Å². The van der Waals surface area contributed by atoms with E-state index in [-0.39, 0.29) is 11.4 Å². The quantitative estimate of drug-likeness (QED) is 0.692. The maximum Gasteiger partial charge on any atom is 0.316 e. The Labute approximate surface area is 90.3 Å². The van der Waals surface area contributed by atoms with E-state index in [1.54, 1.807) is 0 Å². The summed E-state index contributed by atoms with van der Waals surface area (Å²) in [5.74, 6) is -0.0919. The fourth-order valence-electron chi connectivity index (χ4n) is 1.97. The van der Waals surface area contributed by atoms with Crippen LogP contribution in [-0.4, -0.2) is 13.1 Å². The Morgan fingerprint density at radius 1 is 1.27 bits per heavy atom. The third-order valence-corrected chi connectivity index (χ3v) is 3.39. The molecule has 1 saturated carbocycles. The zero-order valence-corrected chi connectivity index (χ0v) is 9.46. The van der Waals surface area contributed by atoms with Crippen LogP contribution in [0.5, 0.6) is 0 Å². The molecular weight excluding hydrogens is 188 g/mol. The fraction of sp³-hybridized carbons (Fsp3) is 0.462. The highest BCUT2D eigenvalue weighted by Crippen LogP contribution is 2.49. The summed E-state index contributed by atoms with van der Waals surface area (Å²) in [6, 6.07) is 6.24. The van der Waals surface area contributed by atoms with Gasteiger partial charge in [-0.1, -0.05) is 18.2 Å². The van der Waals surface area contributed by atoms with Gasteiger partial charge in [-0.15, -0.1) is 0 Å². The Balaban J connectivity index is 2.38. The number of methoxy groups -OCH3 is 1. The zero-order chi connectivity index (χ0) is 11.1. The van der Waals surface area contributed by atoms with Crippen molar-refractivity contribution in [2.75, 3.05) is 7.11 Å². The number of ether oxygens (including phenoxy) is 1.